The molecule has 0 fully saturated rings. The molecule has 0 saturated heterocycles. The van der Waals surface area contributed by atoms with Crippen LogP contribution in [0.15, 0.2) is 57.2 Å². The first-order chi connectivity index (χ1) is 12.6. The number of nitrogens with zero attached hydrogens (tertiary/aromatic N) is 1. The predicted molar refractivity (Wildman–Crippen MR) is 91.7 cm³/mol. The number of hydrogen-bond acceptors (Lipinski definition) is 5. The van der Waals surface area contributed by atoms with E-state index in [9.17, 15) is 15.0 Å². The number of aromatic hydroxyl groups is 1. The summed E-state index contributed by atoms with van der Waals surface area (Å²) < 4.78 is 12.4. The standard InChI is InChI=1S/C20H17NO5/c1-12-4-5-15(26-12)7-13-8-17-20(24)16(9-14-3-2-6-25-14)18(11-22)21(17)10-19(13)23/h2-6,8-10,18,22H,7,11H2,1H3/p+1/b16-9+. The van der Waals surface area contributed by atoms with Crippen LogP contribution in [0, 0.1) is 6.92 Å². The maximum atomic E-state index is 12.9. The van der Waals surface area contributed by atoms with Crippen LogP contribution in [-0.2, 0) is 6.42 Å². The number of ketones is 1. The van der Waals surface area contributed by atoms with Gasteiger partial charge in [0.05, 0.1) is 11.8 Å². The Morgan fingerprint density at radius 2 is 2.15 bits per heavy atom. The molecule has 6 heteroatoms. The smallest absolute Gasteiger partial charge is 0.259 e. The highest BCUT2D eigenvalue weighted by atomic mass is 16.3. The number of carbonyl (C=O) groups is 1. The molecule has 1 aliphatic rings. The lowest BCUT2D eigenvalue weighted by atomic mass is 10.0. The summed E-state index contributed by atoms with van der Waals surface area (Å²) in [6.07, 6.45) is 5.02. The number of Topliss-reactive ketones (excluding diaryl/α,β-unsaturated/α-hetero) is 1. The van der Waals surface area contributed by atoms with Crippen molar-refractivity contribution in [2.45, 2.75) is 19.4 Å². The molecule has 0 saturated carbocycles. The van der Waals surface area contributed by atoms with Gasteiger partial charge in [-0.2, -0.15) is 4.57 Å². The molecule has 0 amide bonds. The van der Waals surface area contributed by atoms with Gasteiger partial charge in [0.2, 0.25) is 12.2 Å². The van der Waals surface area contributed by atoms with E-state index in [-0.39, 0.29) is 18.1 Å². The number of aliphatic hydroxyl groups excluding tert-OH is 1. The van der Waals surface area contributed by atoms with Crippen molar-refractivity contribution in [3.63, 3.8) is 0 Å². The molecule has 4 rings (SSSR count). The fourth-order valence-electron chi connectivity index (χ4n) is 3.27. The minimum absolute atomic E-state index is 0.0494. The third-order valence-corrected chi connectivity index (χ3v) is 4.54. The second-order valence-corrected chi connectivity index (χ2v) is 6.31. The van der Waals surface area contributed by atoms with Crippen LogP contribution >= 0.6 is 0 Å². The fraction of sp³-hybridized carbons (Fsp3) is 0.200. The van der Waals surface area contributed by atoms with E-state index in [0.717, 1.165) is 5.76 Å². The molecular weight excluding hydrogens is 334 g/mol. The molecule has 1 unspecified atom stereocenters. The minimum Gasteiger partial charge on any atom is -0.503 e. The van der Waals surface area contributed by atoms with Crippen LogP contribution in [0.5, 0.6) is 5.75 Å². The van der Waals surface area contributed by atoms with Crippen LogP contribution in [0.4, 0.5) is 0 Å². The van der Waals surface area contributed by atoms with Gasteiger partial charge >= 0.3 is 0 Å². The van der Waals surface area contributed by atoms with E-state index >= 15 is 0 Å². The Morgan fingerprint density at radius 3 is 2.81 bits per heavy atom. The number of rotatable bonds is 4. The Balaban J connectivity index is 1.75. The van der Waals surface area contributed by atoms with E-state index in [1.165, 1.54) is 12.5 Å². The fourth-order valence-corrected chi connectivity index (χ4v) is 3.27. The molecule has 0 spiro atoms. The van der Waals surface area contributed by atoms with Gasteiger partial charge in [0.15, 0.2) is 5.75 Å². The Kier molecular flexibility index (Phi) is 3.97. The summed E-state index contributed by atoms with van der Waals surface area (Å²) in [6, 6.07) is 8.26. The van der Waals surface area contributed by atoms with Crippen LogP contribution in [0.2, 0.25) is 0 Å². The van der Waals surface area contributed by atoms with Crippen LogP contribution < -0.4 is 4.57 Å². The summed E-state index contributed by atoms with van der Waals surface area (Å²) in [5.41, 5.74) is 1.43. The van der Waals surface area contributed by atoms with Crippen molar-refractivity contribution in [3.8, 4) is 5.75 Å². The lowest BCUT2D eigenvalue weighted by Gasteiger charge is -2.06. The molecule has 26 heavy (non-hydrogen) atoms. The van der Waals surface area contributed by atoms with Crippen molar-refractivity contribution in [3.05, 3.63) is 76.9 Å². The average Bonchev–Trinajstić information content (AvgIpc) is 3.32. The first-order valence-electron chi connectivity index (χ1n) is 8.30. The summed E-state index contributed by atoms with van der Waals surface area (Å²) in [7, 11) is 0. The van der Waals surface area contributed by atoms with Crippen molar-refractivity contribution in [1.82, 2.24) is 0 Å². The largest absolute Gasteiger partial charge is 0.503 e. The molecule has 132 valence electrons. The van der Waals surface area contributed by atoms with Crippen molar-refractivity contribution >= 4 is 11.9 Å². The van der Waals surface area contributed by atoms with Gasteiger partial charge in [0.1, 0.15) is 23.9 Å². The van der Waals surface area contributed by atoms with Gasteiger partial charge in [-0.15, -0.1) is 0 Å². The maximum absolute atomic E-state index is 12.9. The molecule has 1 aliphatic heterocycles. The Morgan fingerprint density at radius 1 is 1.31 bits per heavy atom. The van der Waals surface area contributed by atoms with E-state index in [2.05, 4.69) is 0 Å². The van der Waals surface area contributed by atoms with Gasteiger partial charge in [0.25, 0.3) is 11.5 Å². The number of aryl methyl sites for hydroxylation is 1. The zero-order chi connectivity index (χ0) is 18.3. The number of furan rings is 2. The zero-order valence-electron chi connectivity index (χ0n) is 14.2. The summed E-state index contributed by atoms with van der Waals surface area (Å²) in [5, 5.41) is 20.2. The van der Waals surface area contributed by atoms with Crippen molar-refractivity contribution in [2.24, 2.45) is 0 Å². The Hall–Kier alpha value is -3.12. The molecule has 2 N–H and O–H groups in total. The molecule has 0 aliphatic carbocycles. The van der Waals surface area contributed by atoms with Crippen LogP contribution in [0.25, 0.3) is 6.08 Å². The van der Waals surface area contributed by atoms with Gasteiger partial charge in [-0.1, -0.05) is 0 Å². The Labute approximate surface area is 149 Å². The van der Waals surface area contributed by atoms with Crippen molar-refractivity contribution < 1.29 is 28.4 Å². The van der Waals surface area contributed by atoms with Crippen LogP contribution in [0.1, 0.15) is 39.4 Å². The summed E-state index contributed by atoms with van der Waals surface area (Å²) in [5.74, 6) is 1.88. The third kappa shape index (κ3) is 2.74. The normalized spacial score (nSPS) is 17.8. The lowest BCUT2D eigenvalue weighted by molar-refractivity contribution is -0.710. The first kappa shape index (κ1) is 16.4. The zero-order valence-corrected chi connectivity index (χ0v) is 14.2. The summed E-state index contributed by atoms with van der Waals surface area (Å²) in [6.45, 7) is 1.59. The van der Waals surface area contributed by atoms with E-state index in [1.54, 1.807) is 28.8 Å². The van der Waals surface area contributed by atoms with Crippen molar-refractivity contribution in [1.29, 1.82) is 0 Å². The van der Waals surface area contributed by atoms with Gasteiger partial charge in [-0.3, -0.25) is 4.79 Å². The second-order valence-electron chi connectivity index (χ2n) is 6.31. The summed E-state index contributed by atoms with van der Waals surface area (Å²) in [4.78, 5) is 12.9. The number of hydrogen-bond donors (Lipinski definition) is 2. The van der Waals surface area contributed by atoms with E-state index in [0.29, 0.717) is 34.8 Å². The number of fused-ring (bicyclic) bond motifs is 1. The molecule has 0 bridgehead atoms. The highest BCUT2D eigenvalue weighted by Crippen LogP contribution is 2.30. The van der Waals surface area contributed by atoms with Gasteiger partial charge < -0.3 is 19.0 Å². The van der Waals surface area contributed by atoms with E-state index in [4.69, 9.17) is 8.83 Å². The van der Waals surface area contributed by atoms with Crippen molar-refractivity contribution in [2.75, 3.05) is 6.61 Å². The number of carbonyl (C=O) groups excluding carboxylic acids is 1. The SMILES string of the molecule is Cc1ccc(Cc2cc3[n+](cc2O)C(CO)/C(=C\c2ccco2)C3=O)o1. The Bertz CT molecular complexity index is 997. The first-order valence-corrected chi connectivity index (χ1v) is 8.30. The quantitative estimate of drug-likeness (QED) is 0.557. The number of aromatic nitrogens is 1. The van der Waals surface area contributed by atoms with Gasteiger partial charge in [-0.25, -0.2) is 0 Å². The molecule has 0 radical (unpaired) electrons. The molecule has 3 aromatic heterocycles. The molecular formula is C20H18NO5+. The van der Waals surface area contributed by atoms with Gasteiger partial charge in [-0.05, 0) is 37.3 Å². The molecule has 4 heterocycles. The number of pyridine rings is 1. The van der Waals surface area contributed by atoms with Gasteiger partial charge in [0, 0.05) is 18.1 Å². The third-order valence-electron chi connectivity index (χ3n) is 4.54. The second kappa shape index (κ2) is 6.31. The molecule has 3 aromatic rings. The average molecular weight is 352 g/mol. The molecule has 1 atom stereocenters. The monoisotopic (exact) mass is 352 g/mol. The minimum atomic E-state index is -0.562. The molecule has 0 aromatic carbocycles. The van der Waals surface area contributed by atoms with Crippen LogP contribution in [-0.4, -0.2) is 22.6 Å². The number of aliphatic hydroxyl groups is 1. The topological polar surface area (TPSA) is 87.7 Å². The molecule has 6 nitrogen and oxygen atoms in total. The van der Waals surface area contributed by atoms with E-state index in [1.807, 2.05) is 19.1 Å². The highest BCUT2D eigenvalue weighted by molar-refractivity contribution is 6.11. The van der Waals surface area contributed by atoms with Crippen LogP contribution in [0.3, 0.4) is 0 Å². The summed E-state index contributed by atoms with van der Waals surface area (Å²) >= 11 is 0. The lowest BCUT2D eigenvalue weighted by Crippen LogP contribution is -2.40. The maximum Gasteiger partial charge on any atom is 0.259 e. The predicted octanol–water partition coefficient (Wildman–Crippen LogP) is 2.58. The van der Waals surface area contributed by atoms with E-state index < -0.39 is 6.04 Å². The highest BCUT2D eigenvalue weighted by Gasteiger charge is 2.43.